The van der Waals surface area contributed by atoms with Crippen LogP contribution in [0.15, 0.2) is 60.9 Å². The minimum Gasteiger partial charge on any atom is -0.452 e. The number of carbonyl (C=O) groups is 2. The van der Waals surface area contributed by atoms with Gasteiger partial charge in [-0.25, -0.2) is 9.48 Å². The summed E-state index contributed by atoms with van der Waals surface area (Å²) >= 11 is 0. The van der Waals surface area contributed by atoms with Gasteiger partial charge < -0.3 is 10.1 Å². The standard InChI is InChI=1S/C19H13F3N4O5/c20-19(21,22)13-4-7-15(16(10-13)26(29)30)24-17(27)11-31-18(28)12-2-5-14(6-3-12)25-9-1-8-23-25/h1-10H,11H2,(H,24,27). The smallest absolute Gasteiger partial charge is 0.416 e. The summed E-state index contributed by atoms with van der Waals surface area (Å²) in [6, 6.07) is 9.51. The highest BCUT2D eigenvalue weighted by molar-refractivity contribution is 5.96. The monoisotopic (exact) mass is 434 g/mol. The molecule has 0 spiro atoms. The molecule has 0 radical (unpaired) electrons. The van der Waals surface area contributed by atoms with E-state index in [1.807, 2.05) is 0 Å². The summed E-state index contributed by atoms with van der Waals surface area (Å²) < 4.78 is 44.6. The van der Waals surface area contributed by atoms with Crippen LogP contribution in [0.5, 0.6) is 0 Å². The molecule has 0 saturated carbocycles. The Balaban J connectivity index is 1.62. The van der Waals surface area contributed by atoms with Crippen LogP contribution < -0.4 is 5.32 Å². The molecule has 0 unspecified atom stereocenters. The average molecular weight is 434 g/mol. The van der Waals surface area contributed by atoms with E-state index in [2.05, 4.69) is 10.4 Å². The quantitative estimate of drug-likeness (QED) is 0.360. The van der Waals surface area contributed by atoms with Crippen molar-refractivity contribution in [2.24, 2.45) is 0 Å². The fourth-order valence-corrected chi connectivity index (χ4v) is 2.54. The van der Waals surface area contributed by atoms with E-state index in [9.17, 15) is 32.9 Å². The minimum atomic E-state index is -4.78. The second kappa shape index (κ2) is 8.65. The maximum absolute atomic E-state index is 12.7. The second-order valence-electron chi connectivity index (χ2n) is 6.11. The molecule has 0 aliphatic carbocycles. The van der Waals surface area contributed by atoms with Crippen molar-refractivity contribution < 1.29 is 32.4 Å². The van der Waals surface area contributed by atoms with Gasteiger partial charge in [0.1, 0.15) is 5.69 Å². The number of ether oxygens (including phenoxy) is 1. The molecule has 1 amide bonds. The zero-order chi connectivity index (χ0) is 22.6. The summed E-state index contributed by atoms with van der Waals surface area (Å²) in [6.07, 6.45) is -1.49. The number of nitrogens with one attached hydrogen (secondary N) is 1. The SMILES string of the molecule is O=C(COC(=O)c1ccc(-n2cccn2)cc1)Nc1ccc(C(F)(F)F)cc1[N+](=O)[O-]. The predicted octanol–water partition coefficient (Wildman–Crippen LogP) is 3.59. The number of carbonyl (C=O) groups excluding carboxylic acids is 2. The van der Waals surface area contributed by atoms with Gasteiger partial charge in [0.2, 0.25) is 0 Å². The molecule has 3 rings (SSSR count). The highest BCUT2D eigenvalue weighted by Gasteiger charge is 2.33. The van der Waals surface area contributed by atoms with E-state index in [4.69, 9.17) is 4.74 Å². The van der Waals surface area contributed by atoms with Crippen molar-refractivity contribution >= 4 is 23.3 Å². The van der Waals surface area contributed by atoms with E-state index in [1.54, 1.807) is 35.3 Å². The molecule has 0 atom stereocenters. The third-order valence-corrected chi connectivity index (χ3v) is 4.00. The number of hydrogen-bond acceptors (Lipinski definition) is 6. The molecule has 31 heavy (non-hydrogen) atoms. The highest BCUT2D eigenvalue weighted by atomic mass is 19.4. The van der Waals surface area contributed by atoms with Crippen LogP contribution in [0.25, 0.3) is 5.69 Å². The molecule has 1 N–H and O–H groups in total. The molecular weight excluding hydrogens is 421 g/mol. The maximum atomic E-state index is 12.7. The van der Waals surface area contributed by atoms with E-state index in [0.29, 0.717) is 17.8 Å². The number of alkyl halides is 3. The van der Waals surface area contributed by atoms with Gasteiger partial charge in [-0.3, -0.25) is 14.9 Å². The lowest BCUT2D eigenvalue weighted by Crippen LogP contribution is -2.21. The summed E-state index contributed by atoms with van der Waals surface area (Å²) in [5.74, 6) is -1.78. The molecule has 12 heteroatoms. The molecular formula is C19H13F3N4O5. The number of nitrogens with zero attached hydrogens (tertiary/aromatic N) is 3. The molecule has 0 saturated heterocycles. The molecule has 1 aromatic heterocycles. The van der Waals surface area contributed by atoms with E-state index in [-0.39, 0.29) is 5.56 Å². The maximum Gasteiger partial charge on any atom is 0.416 e. The number of esters is 1. The van der Waals surface area contributed by atoms with E-state index in [0.717, 1.165) is 6.07 Å². The Bertz CT molecular complexity index is 1110. The van der Waals surface area contributed by atoms with Crippen LogP contribution in [-0.2, 0) is 15.7 Å². The number of hydrogen-bond donors (Lipinski definition) is 1. The lowest BCUT2D eigenvalue weighted by Gasteiger charge is -2.10. The van der Waals surface area contributed by atoms with Crippen LogP contribution in [0.4, 0.5) is 24.5 Å². The van der Waals surface area contributed by atoms with Crippen molar-refractivity contribution in [2.45, 2.75) is 6.18 Å². The van der Waals surface area contributed by atoms with Crippen LogP contribution in [-0.4, -0.2) is 33.2 Å². The number of nitro benzene ring substituents is 1. The zero-order valence-electron chi connectivity index (χ0n) is 15.5. The summed E-state index contributed by atoms with van der Waals surface area (Å²) in [5, 5.41) is 17.1. The Morgan fingerprint density at radius 1 is 1.16 bits per heavy atom. The number of anilines is 1. The van der Waals surface area contributed by atoms with Crippen molar-refractivity contribution in [3.05, 3.63) is 82.2 Å². The highest BCUT2D eigenvalue weighted by Crippen LogP contribution is 2.34. The summed E-state index contributed by atoms with van der Waals surface area (Å²) in [6.45, 7) is -0.794. The Hall–Kier alpha value is -4.22. The van der Waals surface area contributed by atoms with Crippen molar-refractivity contribution in [3.63, 3.8) is 0 Å². The fraction of sp³-hybridized carbons (Fsp3) is 0.105. The molecule has 9 nitrogen and oxygen atoms in total. The molecule has 2 aromatic carbocycles. The van der Waals surface area contributed by atoms with E-state index in [1.165, 1.54) is 12.1 Å². The van der Waals surface area contributed by atoms with Gasteiger partial charge in [-0.05, 0) is 42.5 Å². The fourth-order valence-electron chi connectivity index (χ4n) is 2.54. The number of nitro groups is 1. The van der Waals surface area contributed by atoms with Gasteiger partial charge in [0.05, 0.1) is 21.7 Å². The Kier molecular flexibility index (Phi) is 6.00. The Morgan fingerprint density at radius 2 is 1.87 bits per heavy atom. The van der Waals surface area contributed by atoms with Gasteiger partial charge in [0, 0.05) is 18.5 Å². The first-order valence-corrected chi connectivity index (χ1v) is 8.58. The topological polar surface area (TPSA) is 116 Å². The van der Waals surface area contributed by atoms with Crippen LogP contribution >= 0.6 is 0 Å². The van der Waals surface area contributed by atoms with Gasteiger partial charge >= 0.3 is 12.1 Å². The van der Waals surface area contributed by atoms with E-state index >= 15 is 0 Å². The molecule has 1 heterocycles. The normalized spacial score (nSPS) is 11.1. The first kappa shape index (κ1) is 21.5. The van der Waals surface area contributed by atoms with E-state index < -0.39 is 46.5 Å². The number of aromatic nitrogens is 2. The zero-order valence-corrected chi connectivity index (χ0v) is 15.5. The molecule has 160 valence electrons. The largest absolute Gasteiger partial charge is 0.452 e. The predicted molar refractivity (Wildman–Crippen MR) is 101 cm³/mol. The number of amides is 1. The lowest BCUT2D eigenvalue weighted by molar-refractivity contribution is -0.384. The summed E-state index contributed by atoms with van der Waals surface area (Å²) in [7, 11) is 0. The van der Waals surface area contributed by atoms with Crippen molar-refractivity contribution in [2.75, 3.05) is 11.9 Å². The van der Waals surface area contributed by atoms with Crippen LogP contribution in [0.2, 0.25) is 0 Å². The first-order chi connectivity index (χ1) is 14.6. The number of benzene rings is 2. The van der Waals surface area contributed by atoms with Crippen LogP contribution in [0.3, 0.4) is 0 Å². The summed E-state index contributed by atoms with van der Waals surface area (Å²) in [4.78, 5) is 34.0. The van der Waals surface area contributed by atoms with Gasteiger partial charge in [0.15, 0.2) is 6.61 Å². The third-order valence-electron chi connectivity index (χ3n) is 4.00. The third kappa shape index (κ3) is 5.23. The minimum absolute atomic E-state index is 0.143. The molecule has 0 bridgehead atoms. The van der Waals surface area contributed by atoms with Gasteiger partial charge in [-0.15, -0.1) is 0 Å². The van der Waals surface area contributed by atoms with Gasteiger partial charge in [-0.1, -0.05) is 0 Å². The molecule has 3 aromatic rings. The lowest BCUT2D eigenvalue weighted by atomic mass is 10.1. The molecule has 0 fully saturated rings. The average Bonchev–Trinajstić information content (AvgIpc) is 3.26. The number of rotatable bonds is 6. The van der Waals surface area contributed by atoms with Crippen LogP contribution in [0.1, 0.15) is 15.9 Å². The van der Waals surface area contributed by atoms with Crippen molar-refractivity contribution in [3.8, 4) is 5.69 Å². The van der Waals surface area contributed by atoms with Gasteiger partial charge in [0.25, 0.3) is 11.6 Å². The Labute approximate surface area is 172 Å². The molecule has 0 aliphatic heterocycles. The van der Waals surface area contributed by atoms with Crippen molar-refractivity contribution in [1.29, 1.82) is 0 Å². The Morgan fingerprint density at radius 3 is 2.45 bits per heavy atom. The first-order valence-electron chi connectivity index (χ1n) is 8.58. The number of halogens is 3. The second-order valence-corrected chi connectivity index (χ2v) is 6.11. The van der Waals surface area contributed by atoms with Gasteiger partial charge in [-0.2, -0.15) is 18.3 Å². The molecule has 0 aliphatic rings. The summed E-state index contributed by atoms with van der Waals surface area (Å²) in [5.41, 5.74) is -1.80. The van der Waals surface area contributed by atoms with Crippen LogP contribution in [0, 0.1) is 10.1 Å². The van der Waals surface area contributed by atoms with Crippen molar-refractivity contribution in [1.82, 2.24) is 9.78 Å².